The van der Waals surface area contributed by atoms with Crippen LogP contribution in [0.15, 0.2) is 97.2 Å². The van der Waals surface area contributed by atoms with Crippen LogP contribution in [0.4, 0.5) is 0 Å². The van der Waals surface area contributed by atoms with Crippen LogP contribution in [0.2, 0.25) is 0 Å². The van der Waals surface area contributed by atoms with Gasteiger partial charge in [-0.1, -0.05) is 195 Å². The van der Waals surface area contributed by atoms with Crippen LogP contribution in [0.3, 0.4) is 0 Å². The van der Waals surface area contributed by atoms with Crippen molar-refractivity contribution in [1.82, 2.24) is 0 Å². The minimum Gasteiger partial charge on any atom is -0.462 e. The second kappa shape index (κ2) is 49.0. The normalized spacial score (nSPS) is 12.9. The molecule has 0 amide bonds. The highest BCUT2D eigenvalue weighted by Gasteiger charge is 2.19. The van der Waals surface area contributed by atoms with Crippen LogP contribution in [0, 0.1) is 0 Å². The van der Waals surface area contributed by atoms with Crippen molar-refractivity contribution in [3.8, 4) is 0 Å². The molecule has 0 radical (unpaired) electrons. The number of hydrogen-bond donors (Lipinski definition) is 0. The highest BCUT2D eigenvalue weighted by atomic mass is 16.6. The zero-order valence-electron chi connectivity index (χ0n) is 39.4. The molecule has 0 aliphatic carbocycles. The van der Waals surface area contributed by atoms with Gasteiger partial charge in [0.05, 0.1) is 6.42 Å². The van der Waals surface area contributed by atoms with Gasteiger partial charge >= 0.3 is 17.9 Å². The number of hydrogen-bond acceptors (Lipinski definition) is 6. The van der Waals surface area contributed by atoms with E-state index in [2.05, 4.69) is 106 Å². The molecule has 346 valence electrons. The number of rotatable bonds is 43. The Morgan fingerprint density at radius 2 is 0.721 bits per heavy atom. The molecule has 6 heteroatoms. The number of esters is 3. The van der Waals surface area contributed by atoms with E-state index in [0.29, 0.717) is 12.8 Å². The number of ether oxygens (including phenoxy) is 3. The first-order valence-electron chi connectivity index (χ1n) is 24.7. The van der Waals surface area contributed by atoms with Gasteiger partial charge in [-0.15, -0.1) is 0 Å². The third-order valence-corrected chi connectivity index (χ3v) is 10.1. The van der Waals surface area contributed by atoms with Crippen LogP contribution >= 0.6 is 0 Å². The Morgan fingerprint density at radius 3 is 1.25 bits per heavy atom. The zero-order chi connectivity index (χ0) is 44.4. The van der Waals surface area contributed by atoms with Crippen molar-refractivity contribution in [2.45, 2.75) is 219 Å². The van der Waals surface area contributed by atoms with Crippen molar-refractivity contribution in [1.29, 1.82) is 0 Å². The van der Waals surface area contributed by atoms with Gasteiger partial charge in [0.15, 0.2) is 6.10 Å². The van der Waals surface area contributed by atoms with Crippen LogP contribution in [0.5, 0.6) is 0 Å². The Labute approximate surface area is 375 Å². The molecular formula is C55H90O6. The van der Waals surface area contributed by atoms with Gasteiger partial charge in [0.1, 0.15) is 13.2 Å². The summed E-state index contributed by atoms with van der Waals surface area (Å²) < 4.78 is 16.6. The van der Waals surface area contributed by atoms with E-state index in [-0.39, 0.29) is 38.0 Å². The summed E-state index contributed by atoms with van der Waals surface area (Å²) in [5.41, 5.74) is 0. The summed E-state index contributed by atoms with van der Waals surface area (Å²) in [6.07, 6.45) is 64.3. The lowest BCUT2D eigenvalue weighted by atomic mass is 10.1. The van der Waals surface area contributed by atoms with E-state index >= 15 is 0 Å². The smallest absolute Gasteiger partial charge is 0.309 e. The zero-order valence-corrected chi connectivity index (χ0v) is 39.4. The van der Waals surface area contributed by atoms with Crippen LogP contribution in [0.1, 0.15) is 213 Å². The van der Waals surface area contributed by atoms with Gasteiger partial charge in [-0.3, -0.25) is 14.4 Å². The average molecular weight is 847 g/mol. The van der Waals surface area contributed by atoms with Crippen molar-refractivity contribution in [3.63, 3.8) is 0 Å². The van der Waals surface area contributed by atoms with Gasteiger partial charge < -0.3 is 14.2 Å². The monoisotopic (exact) mass is 847 g/mol. The van der Waals surface area contributed by atoms with E-state index in [4.69, 9.17) is 14.2 Å². The summed E-state index contributed by atoms with van der Waals surface area (Å²) in [6.45, 7) is 6.32. The van der Waals surface area contributed by atoms with Crippen LogP contribution in [-0.4, -0.2) is 37.2 Å². The van der Waals surface area contributed by atoms with Gasteiger partial charge in [0.2, 0.25) is 0 Å². The number of carbonyl (C=O) groups excluding carboxylic acids is 3. The van der Waals surface area contributed by atoms with Crippen molar-refractivity contribution < 1.29 is 28.6 Å². The van der Waals surface area contributed by atoms with Gasteiger partial charge in [-0.25, -0.2) is 0 Å². The van der Waals surface area contributed by atoms with Crippen molar-refractivity contribution >= 4 is 17.9 Å². The van der Waals surface area contributed by atoms with Crippen LogP contribution < -0.4 is 0 Å². The Hall–Kier alpha value is -3.67. The summed E-state index contributed by atoms with van der Waals surface area (Å²) in [5.74, 6) is -1.12. The lowest BCUT2D eigenvalue weighted by molar-refractivity contribution is -0.166. The van der Waals surface area contributed by atoms with Gasteiger partial charge in [0, 0.05) is 12.8 Å². The molecule has 0 aromatic carbocycles. The van der Waals surface area contributed by atoms with Gasteiger partial charge in [-0.05, 0) is 96.3 Å². The minimum absolute atomic E-state index is 0.122. The predicted octanol–water partition coefficient (Wildman–Crippen LogP) is 16.2. The Morgan fingerprint density at radius 1 is 0.361 bits per heavy atom. The molecule has 6 nitrogen and oxygen atoms in total. The largest absolute Gasteiger partial charge is 0.462 e. The number of carbonyl (C=O) groups is 3. The fourth-order valence-electron chi connectivity index (χ4n) is 6.37. The average Bonchev–Trinajstić information content (AvgIpc) is 3.26. The second-order valence-electron chi connectivity index (χ2n) is 16.0. The molecule has 0 spiro atoms. The molecule has 0 aliphatic rings. The fourth-order valence-corrected chi connectivity index (χ4v) is 6.37. The van der Waals surface area contributed by atoms with Crippen molar-refractivity contribution in [2.75, 3.05) is 13.2 Å². The third kappa shape index (κ3) is 47.2. The maximum atomic E-state index is 12.8. The first-order valence-corrected chi connectivity index (χ1v) is 24.7. The summed E-state index contributed by atoms with van der Waals surface area (Å²) in [6, 6.07) is 0. The highest BCUT2D eigenvalue weighted by Crippen LogP contribution is 2.13. The summed E-state index contributed by atoms with van der Waals surface area (Å²) in [5, 5.41) is 0. The molecule has 61 heavy (non-hydrogen) atoms. The number of allylic oxidation sites excluding steroid dienone is 15. The first kappa shape index (κ1) is 57.3. The second-order valence-corrected chi connectivity index (χ2v) is 16.0. The number of unbranched alkanes of at least 4 members (excludes halogenated alkanes) is 17. The molecule has 0 rings (SSSR count). The SMILES string of the molecule is CC/C=C\C/C=C\C/C=C\CC(=O)OCC(COC(=O)CCC/C=C\C/C=C\C/C=C\C/C=C\CCCCC)OC(=O)CCCCCCCCC/C=C\CCCCCCCC. The fraction of sp³-hybridized carbons (Fsp3) is 0.655. The molecule has 0 heterocycles. The van der Waals surface area contributed by atoms with Crippen molar-refractivity contribution in [2.24, 2.45) is 0 Å². The molecule has 0 aromatic heterocycles. The quantitative estimate of drug-likeness (QED) is 0.0263. The predicted molar refractivity (Wildman–Crippen MR) is 260 cm³/mol. The lowest BCUT2D eigenvalue weighted by Crippen LogP contribution is -2.30. The van der Waals surface area contributed by atoms with Crippen LogP contribution in [-0.2, 0) is 28.6 Å². The van der Waals surface area contributed by atoms with E-state index in [1.165, 1.54) is 103 Å². The van der Waals surface area contributed by atoms with Gasteiger partial charge in [0.25, 0.3) is 0 Å². The molecule has 0 fully saturated rings. The van der Waals surface area contributed by atoms with E-state index < -0.39 is 12.1 Å². The highest BCUT2D eigenvalue weighted by molar-refractivity contribution is 5.72. The lowest BCUT2D eigenvalue weighted by Gasteiger charge is -2.18. The Bertz CT molecular complexity index is 1250. The first-order chi connectivity index (χ1) is 30.0. The van der Waals surface area contributed by atoms with Gasteiger partial charge in [-0.2, -0.15) is 0 Å². The summed E-state index contributed by atoms with van der Waals surface area (Å²) in [4.78, 5) is 37.7. The molecule has 1 unspecified atom stereocenters. The molecule has 0 aromatic rings. The maximum Gasteiger partial charge on any atom is 0.309 e. The molecule has 0 bridgehead atoms. The third-order valence-electron chi connectivity index (χ3n) is 10.1. The molecule has 0 saturated carbocycles. The van der Waals surface area contributed by atoms with Crippen LogP contribution in [0.25, 0.3) is 0 Å². The Balaban J connectivity index is 4.49. The topological polar surface area (TPSA) is 78.9 Å². The standard InChI is InChI=1S/C55H90O6/c1-4-7-10-13-16-19-21-23-25-27-29-31-33-36-39-42-45-48-54(57)60-51-52(50-59-53(56)47-44-41-38-35-18-15-12-9-6-3)61-55(58)49-46-43-40-37-34-32-30-28-26-24-22-20-17-14-11-8-5-2/h9,12,16,18-19,23-26,29,31,35-36,39,41,44,52H,4-8,10-11,13-15,17,20-22,27-28,30,32-34,37-38,40,42-43,45-51H2,1-3H3/b12-9-,19-16-,25-23-,26-24-,31-29-,35-18-,39-36-,44-41-. The molecule has 0 N–H and O–H groups in total. The van der Waals surface area contributed by atoms with E-state index in [1.54, 1.807) is 6.08 Å². The van der Waals surface area contributed by atoms with E-state index in [1.807, 2.05) is 6.08 Å². The molecule has 0 aliphatic heterocycles. The maximum absolute atomic E-state index is 12.8. The van der Waals surface area contributed by atoms with E-state index in [9.17, 15) is 14.4 Å². The molecule has 0 saturated heterocycles. The Kier molecular flexibility index (Phi) is 46.0. The van der Waals surface area contributed by atoms with Crippen molar-refractivity contribution in [3.05, 3.63) is 97.2 Å². The molecule has 1 atom stereocenters. The molecular weight excluding hydrogens is 757 g/mol. The summed E-state index contributed by atoms with van der Waals surface area (Å²) in [7, 11) is 0. The summed E-state index contributed by atoms with van der Waals surface area (Å²) >= 11 is 0. The van der Waals surface area contributed by atoms with E-state index in [0.717, 1.165) is 64.2 Å². The minimum atomic E-state index is -0.836.